The van der Waals surface area contributed by atoms with Crippen LogP contribution in [0.4, 0.5) is 0 Å². The van der Waals surface area contributed by atoms with Crippen LogP contribution in [0.5, 0.6) is 11.5 Å². The molecule has 1 aromatic carbocycles. The third-order valence-electron chi connectivity index (χ3n) is 5.26. The van der Waals surface area contributed by atoms with Crippen LogP contribution in [0.15, 0.2) is 12.1 Å². The molecule has 1 spiro atoms. The lowest BCUT2D eigenvalue weighted by Gasteiger charge is -2.45. The van der Waals surface area contributed by atoms with E-state index >= 15 is 0 Å². The Kier molecular flexibility index (Phi) is 5.64. The number of methoxy groups -OCH3 is 2. The molecule has 3 rings (SSSR count). The third kappa shape index (κ3) is 4.20. The molecule has 0 unspecified atom stereocenters. The van der Waals surface area contributed by atoms with E-state index in [-0.39, 0.29) is 12.5 Å². The standard InChI is InChI=1S/C18H26N2O6S/c1-24-15-10-13-4-9-26-18(14(13)11-16(15)25-2)5-7-20(8-6-18)17(21)12-19-27(3,22)23/h10-11,19H,4-9,12H2,1-3H3. The van der Waals surface area contributed by atoms with E-state index in [0.717, 1.165) is 18.2 Å². The molecule has 2 aliphatic rings. The summed E-state index contributed by atoms with van der Waals surface area (Å²) >= 11 is 0. The topological polar surface area (TPSA) is 94.2 Å². The van der Waals surface area contributed by atoms with E-state index in [9.17, 15) is 13.2 Å². The lowest BCUT2D eigenvalue weighted by atomic mass is 9.79. The van der Waals surface area contributed by atoms with Crippen molar-refractivity contribution in [3.05, 3.63) is 23.3 Å². The molecular weight excluding hydrogens is 372 g/mol. The molecule has 0 saturated carbocycles. The fourth-order valence-electron chi connectivity index (χ4n) is 3.82. The van der Waals surface area contributed by atoms with Gasteiger partial charge in [0.25, 0.3) is 0 Å². The average molecular weight is 398 g/mol. The van der Waals surface area contributed by atoms with Crippen LogP contribution in [0, 0.1) is 0 Å². The Morgan fingerprint density at radius 1 is 1.22 bits per heavy atom. The number of nitrogens with one attached hydrogen (secondary N) is 1. The SMILES string of the molecule is COc1cc2c(cc1OC)C1(CCN(C(=O)CNS(C)(=O)=O)CC1)OCC2. The Balaban J connectivity index is 1.76. The molecular formula is C18H26N2O6S. The van der Waals surface area contributed by atoms with E-state index in [1.54, 1.807) is 19.1 Å². The summed E-state index contributed by atoms with van der Waals surface area (Å²) in [7, 11) is -0.160. The van der Waals surface area contributed by atoms with Gasteiger partial charge in [-0.05, 0) is 42.5 Å². The van der Waals surface area contributed by atoms with Gasteiger partial charge in [0.2, 0.25) is 15.9 Å². The largest absolute Gasteiger partial charge is 0.493 e. The van der Waals surface area contributed by atoms with Crippen molar-refractivity contribution >= 4 is 15.9 Å². The number of carbonyl (C=O) groups excluding carboxylic acids is 1. The highest BCUT2D eigenvalue weighted by atomic mass is 32.2. The van der Waals surface area contributed by atoms with Gasteiger partial charge >= 0.3 is 0 Å². The lowest BCUT2D eigenvalue weighted by molar-refractivity contribution is -0.139. The molecule has 0 aromatic heterocycles. The van der Waals surface area contributed by atoms with Gasteiger partial charge in [-0.15, -0.1) is 0 Å². The quantitative estimate of drug-likeness (QED) is 0.782. The molecule has 1 aromatic rings. The summed E-state index contributed by atoms with van der Waals surface area (Å²) in [6, 6.07) is 3.99. The molecule has 2 aliphatic heterocycles. The van der Waals surface area contributed by atoms with Crippen LogP contribution < -0.4 is 14.2 Å². The third-order valence-corrected chi connectivity index (χ3v) is 5.93. The number of benzene rings is 1. The van der Waals surface area contributed by atoms with Crippen molar-refractivity contribution < 1.29 is 27.4 Å². The first-order valence-corrected chi connectivity index (χ1v) is 10.8. The van der Waals surface area contributed by atoms with Crippen LogP contribution in [0.2, 0.25) is 0 Å². The van der Waals surface area contributed by atoms with Gasteiger partial charge in [0.05, 0.1) is 39.2 Å². The van der Waals surface area contributed by atoms with Crippen LogP contribution in [-0.2, 0) is 31.6 Å². The van der Waals surface area contributed by atoms with E-state index in [1.165, 1.54) is 5.56 Å². The molecule has 0 bridgehead atoms. The number of amides is 1. The second kappa shape index (κ2) is 7.65. The molecule has 0 radical (unpaired) electrons. The minimum atomic E-state index is -3.39. The van der Waals surface area contributed by atoms with Gasteiger partial charge in [0.1, 0.15) is 0 Å². The van der Waals surface area contributed by atoms with Gasteiger partial charge in [0.15, 0.2) is 11.5 Å². The van der Waals surface area contributed by atoms with E-state index < -0.39 is 15.6 Å². The minimum absolute atomic E-state index is 0.214. The van der Waals surface area contributed by atoms with Gasteiger partial charge in [-0.1, -0.05) is 0 Å². The van der Waals surface area contributed by atoms with Crippen LogP contribution in [0.25, 0.3) is 0 Å². The van der Waals surface area contributed by atoms with Gasteiger partial charge in [-0.3, -0.25) is 4.79 Å². The van der Waals surface area contributed by atoms with Gasteiger partial charge < -0.3 is 19.1 Å². The van der Waals surface area contributed by atoms with Gasteiger partial charge in [-0.25, -0.2) is 13.1 Å². The van der Waals surface area contributed by atoms with Crippen LogP contribution in [0.1, 0.15) is 24.0 Å². The maximum Gasteiger partial charge on any atom is 0.237 e. The maximum absolute atomic E-state index is 12.3. The molecule has 27 heavy (non-hydrogen) atoms. The fourth-order valence-corrected chi connectivity index (χ4v) is 4.21. The van der Waals surface area contributed by atoms with Crippen LogP contribution in [0.3, 0.4) is 0 Å². The number of ether oxygens (including phenoxy) is 3. The van der Waals surface area contributed by atoms with Crippen LogP contribution in [-0.4, -0.2) is 65.9 Å². The smallest absolute Gasteiger partial charge is 0.237 e. The summed E-state index contributed by atoms with van der Waals surface area (Å²) in [5, 5.41) is 0. The zero-order chi connectivity index (χ0) is 19.7. The number of hydrogen-bond donors (Lipinski definition) is 1. The number of likely N-dealkylation sites (tertiary alicyclic amines) is 1. The van der Waals surface area contributed by atoms with Crippen molar-refractivity contribution in [2.75, 3.05) is 46.7 Å². The summed E-state index contributed by atoms with van der Waals surface area (Å²) in [6.07, 6.45) is 3.15. The Bertz CT molecular complexity index is 815. The van der Waals surface area contributed by atoms with Crippen molar-refractivity contribution in [3.63, 3.8) is 0 Å². The number of hydrogen-bond acceptors (Lipinski definition) is 6. The number of sulfonamides is 1. The van der Waals surface area contributed by atoms with Gasteiger partial charge in [-0.2, -0.15) is 0 Å². The number of piperidine rings is 1. The molecule has 2 heterocycles. The first-order valence-electron chi connectivity index (χ1n) is 8.90. The lowest BCUT2D eigenvalue weighted by Crippen LogP contribution is -2.50. The van der Waals surface area contributed by atoms with Crippen molar-refractivity contribution in [1.82, 2.24) is 9.62 Å². The highest BCUT2D eigenvalue weighted by Gasteiger charge is 2.42. The zero-order valence-electron chi connectivity index (χ0n) is 15.9. The Hall–Kier alpha value is -1.84. The number of rotatable bonds is 5. The normalized spacial score (nSPS) is 18.9. The highest BCUT2D eigenvalue weighted by molar-refractivity contribution is 7.88. The molecule has 1 saturated heterocycles. The number of fused-ring (bicyclic) bond motifs is 2. The molecule has 9 heteroatoms. The molecule has 0 aliphatic carbocycles. The maximum atomic E-state index is 12.3. The average Bonchev–Trinajstić information content (AvgIpc) is 2.65. The number of carbonyl (C=O) groups is 1. The predicted octanol–water partition coefficient (Wildman–Crippen LogP) is 0.643. The number of nitrogens with zero attached hydrogens (tertiary/aromatic N) is 1. The predicted molar refractivity (Wildman–Crippen MR) is 99.5 cm³/mol. The summed E-state index contributed by atoms with van der Waals surface area (Å²) < 4.78 is 41.7. The first-order chi connectivity index (χ1) is 12.8. The van der Waals surface area contributed by atoms with Crippen molar-refractivity contribution in [1.29, 1.82) is 0 Å². The highest BCUT2D eigenvalue weighted by Crippen LogP contribution is 2.45. The Morgan fingerprint density at radius 2 is 1.85 bits per heavy atom. The van der Waals surface area contributed by atoms with Gasteiger partial charge in [0, 0.05) is 13.1 Å². The summed E-state index contributed by atoms with van der Waals surface area (Å²) in [6.45, 7) is 1.43. The van der Waals surface area contributed by atoms with E-state index in [0.29, 0.717) is 44.0 Å². The minimum Gasteiger partial charge on any atom is -0.493 e. The monoisotopic (exact) mass is 398 g/mol. The van der Waals surface area contributed by atoms with Crippen LogP contribution >= 0.6 is 0 Å². The molecule has 150 valence electrons. The van der Waals surface area contributed by atoms with Crippen molar-refractivity contribution in [2.45, 2.75) is 24.9 Å². The molecule has 1 fully saturated rings. The Labute approximate surface area is 159 Å². The van der Waals surface area contributed by atoms with E-state index in [2.05, 4.69) is 4.72 Å². The summed E-state index contributed by atoms with van der Waals surface area (Å²) in [5.74, 6) is 1.14. The van der Waals surface area contributed by atoms with E-state index in [4.69, 9.17) is 14.2 Å². The first kappa shape index (κ1) is 19.9. The zero-order valence-corrected chi connectivity index (χ0v) is 16.7. The molecule has 0 atom stereocenters. The fraction of sp³-hybridized carbons (Fsp3) is 0.611. The second-order valence-corrected chi connectivity index (χ2v) is 8.76. The van der Waals surface area contributed by atoms with E-state index in [1.807, 2.05) is 12.1 Å². The summed E-state index contributed by atoms with van der Waals surface area (Å²) in [5.41, 5.74) is 1.82. The van der Waals surface area contributed by atoms with Crippen molar-refractivity contribution in [2.24, 2.45) is 0 Å². The molecule has 8 nitrogen and oxygen atoms in total. The summed E-state index contributed by atoms with van der Waals surface area (Å²) in [4.78, 5) is 13.9. The molecule has 1 amide bonds. The molecule has 1 N–H and O–H groups in total. The Morgan fingerprint density at radius 3 is 2.44 bits per heavy atom. The van der Waals surface area contributed by atoms with Crippen molar-refractivity contribution in [3.8, 4) is 11.5 Å². The second-order valence-electron chi connectivity index (χ2n) is 6.93.